The number of carbonyl (C=O) groups excluding carboxylic acids is 3. The van der Waals surface area contributed by atoms with Crippen molar-refractivity contribution in [2.75, 3.05) is 13.3 Å². The fraction of sp³-hybridized carbons (Fsp3) is 0.526. The first kappa shape index (κ1) is 17.6. The van der Waals surface area contributed by atoms with Gasteiger partial charge in [0.2, 0.25) is 12.7 Å². The van der Waals surface area contributed by atoms with Crippen molar-refractivity contribution in [1.29, 1.82) is 0 Å². The molecule has 3 aliphatic rings. The van der Waals surface area contributed by atoms with Crippen LogP contribution in [0.15, 0.2) is 18.2 Å². The number of hydrogen-bond acceptors (Lipinski definition) is 5. The first-order chi connectivity index (χ1) is 13.0. The molecule has 2 fully saturated rings. The number of amides is 4. The Kier molecular flexibility index (Phi) is 4.41. The van der Waals surface area contributed by atoms with Gasteiger partial charge in [-0.25, -0.2) is 4.79 Å². The SMILES string of the molecule is C[C@@H]1CCCC[C@@]12NC(=O)N(CC(=O)NCc1ccc3c(c1)OCO3)C2=O. The van der Waals surface area contributed by atoms with Crippen LogP contribution in [0.3, 0.4) is 0 Å². The Balaban J connectivity index is 1.36. The van der Waals surface area contributed by atoms with Gasteiger partial charge in [-0.2, -0.15) is 0 Å². The van der Waals surface area contributed by atoms with Gasteiger partial charge in [0.1, 0.15) is 12.1 Å². The Morgan fingerprint density at radius 1 is 1.30 bits per heavy atom. The zero-order valence-corrected chi connectivity index (χ0v) is 15.2. The highest BCUT2D eigenvalue weighted by Gasteiger charge is 2.55. The number of fused-ring (bicyclic) bond motifs is 1. The van der Waals surface area contributed by atoms with E-state index in [1.54, 1.807) is 12.1 Å². The number of benzene rings is 1. The standard InChI is InChI=1S/C19H23N3O5/c1-12-4-2-3-7-19(12)17(24)22(18(25)21-19)10-16(23)20-9-13-5-6-14-15(8-13)27-11-26-14/h5-6,8,12H,2-4,7,9-11H2,1H3,(H,20,23)(H,21,25)/t12-,19-/m1/s1. The van der Waals surface area contributed by atoms with E-state index in [4.69, 9.17) is 9.47 Å². The first-order valence-electron chi connectivity index (χ1n) is 9.29. The van der Waals surface area contributed by atoms with Crippen LogP contribution in [-0.2, 0) is 16.1 Å². The summed E-state index contributed by atoms with van der Waals surface area (Å²) in [6.07, 6.45) is 3.49. The van der Waals surface area contributed by atoms with Gasteiger partial charge in [0.25, 0.3) is 5.91 Å². The molecule has 2 aliphatic heterocycles. The Morgan fingerprint density at radius 2 is 2.11 bits per heavy atom. The molecule has 0 aromatic heterocycles. The number of carbonyl (C=O) groups is 3. The highest BCUT2D eigenvalue weighted by Crippen LogP contribution is 2.38. The van der Waals surface area contributed by atoms with Crippen LogP contribution in [0.4, 0.5) is 4.79 Å². The summed E-state index contributed by atoms with van der Waals surface area (Å²) in [5.41, 5.74) is 0.00889. The number of hydrogen-bond donors (Lipinski definition) is 2. The lowest BCUT2D eigenvalue weighted by molar-refractivity contribution is -0.137. The van der Waals surface area contributed by atoms with Crippen LogP contribution < -0.4 is 20.1 Å². The molecule has 1 aromatic carbocycles. The van der Waals surface area contributed by atoms with Crippen LogP contribution in [0, 0.1) is 5.92 Å². The normalized spacial score (nSPS) is 26.4. The van der Waals surface area contributed by atoms with Crippen molar-refractivity contribution >= 4 is 17.8 Å². The summed E-state index contributed by atoms with van der Waals surface area (Å²) in [5.74, 6) is 0.736. The Morgan fingerprint density at radius 3 is 2.93 bits per heavy atom. The van der Waals surface area contributed by atoms with E-state index >= 15 is 0 Å². The van der Waals surface area contributed by atoms with Gasteiger partial charge in [0, 0.05) is 6.54 Å². The number of imide groups is 1. The molecule has 1 aromatic rings. The Hall–Kier alpha value is -2.77. The van der Waals surface area contributed by atoms with Crippen LogP contribution in [0.5, 0.6) is 11.5 Å². The summed E-state index contributed by atoms with van der Waals surface area (Å²) in [4.78, 5) is 38.5. The van der Waals surface area contributed by atoms with Crippen molar-refractivity contribution in [1.82, 2.24) is 15.5 Å². The topological polar surface area (TPSA) is 97.0 Å². The van der Waals surface area contributed by atoms with E-state index in [1.165, 1.54) is 0 Å². The van der Waals surface area contributed by atoms with Crippen molar-refractivity contribution in [2.45, 2.75) is 44.7 Å². The van der Waals surface area contributed by atoms with Gasteiger partial charge in [0.05, 0.1) is 0 Å². The maximum atomic E-state index is 12.9. The van der Waals surface area contributed by atoms with Gasteiger partial charge in [-0.3, -0.25) is 14.5 Å². The monoisotopic (exact) mass is 373 g/mol. The van der Waals surface area contributed by atoms with Crippen LogP contribution in [0.25, 0.3) is 0 Å². The number of nitrogens with one attached hydrogen (secondary N) is 2. The van der Waals surface area contributed by atoms with E-state index in [9.17, 15) is 14.4 Å². The molecule has 27 heavy (non-hydrogen) atoms. The highest BCUT2D eigenvalue weighted by molar-refractivity contribution is 6.09. The zero-order valence-electron chi connectivity index (χ0n) is 15.2. The van der Waals surface area contributed by atoms with Crippen molar-refractivity contribution in [3.05, 3.63) is 23.8 Å². The van der Waals surface area contributed by atoms with Gasteiger partial charge in [-0.1, -0.05) is 25.8 Å². The molecule has 0 bridgehead atoms. The Labute approximate surface area is 157 Å². The van der Waals surface area contributed by atoms with Gasteiger partial charge < -0.3 is 20.1 Å². The van der Waals surface area contributed by atoms with Crippen LogP contribution in [-0.4, -0.2) is 41.6 Å². The third-order valence-corrected chi connectivity index (χ3v) is 5.73. The maximum absolute atomic E-state index is 12.9. The highest BCUT2D eigenvalue weighted by atomic mass is 16.7. The predicted molar refractivity (Wildman–Crippen MR) is 95.0 cm³/mol. The fourth-order valence-electron chi connectivity index (χ4n) is 4.09. The van der Waals surface area contributed by atoms with Crippen LogP contribution in [0.2, 0.25) is 0 Å². The summed E-state index contributed by atoms with van der Waals surface area (Å²) < 4.78 is 10.6. The molecule has 0 unspecified atom stereocenters. The molecule has 1 saturated heterocycles. The van der Waals surface area contributed by atoms with Crippen molar-refractivity contribution < 1.29 is 23.9 Å². The van der Waals surface area contributed by atoms with Crippen LogP contribution >= 0.6 is 0 Å². The van der Waals surface area contributed by atoms with E-state index in [2.05, 4.69) is 10.6 Å². The molecule has 4 amide bonds. The number of nitrogens with zero attached hydrogens (tertiary/aromatic N) is 1. The lowest BCUT2D eigenvalue weighted by atomic mass is 9.73. The van der Waals surface area contributed by atoms with E-state index in [1.807, 2.05) is 13.0 Å². The average Bonchev–Trinajstić information content (AvgIpc) is 3.21. The second kappa shape index (κ2) is 6.75. The summed E-state index contributed by atoms with van der Waals surface area (Å²) in [6, 6.07) is 4.94. The summed E-state index contributed by atoms with van der Waals surface area (Å²) in [5, 5.41) is 5.60. The minimum absolute atomic E-state index is 0.0735. The van der Waals surface area contributed by atoms with Gasteiger partial charge in [-0.05, 0) is 36.5 Å². The molecule has 1 saturated carbocycles. The third kappa shape index (κ3) is 3.09. The van der Waals surface area contributed by atoms with Crippen molar-refractivity contribution in [3.63, 3.8) is 0 Å². The number of urea groups is 1. The molecule has 8 heteroatoms. The molecule has 1 aliphatic carbocycles. The summed E-state index contributed by atoms with van der Waals surface area (Å²) >= 11 is 0. The zero-order chi connectivity index (χ0) is 19.0. The molecule has 0 radical (unpaired) electrons. The van der Waals surface area contributed by atoms with E-state index in [0.29, 0.717) is 17.9 Å². The molecular formula is C19H23N3O5. The van der Waals surface area contributed by atoms with Gasteiger partial charge >= 0.3 is 6.03 Å². The minimum atomic E-state index is -0.840. The minimum Gasteiger partial charge on any atom is -0.454 e. The molecule has 2 atom stereocenters. The molecule has 4 rings (SSSR count). The van der Waals surface area contributed by atoms with Gasteiger partial charge in [0.15, 0.2) is 11.5 Å². The lowest BCUT2D eigenvalue weighted by Gasteiger charge is -2.36. The molecule has 2 heterocycles. The molecular weight excluding hydrogens is 350 g/mol. The molecule has 1 spiro atoms. The van der Waals surface area contributed by atoms with Crippen molar-refractivity contribution in [2.24, 2.45) is 5.92 Å². The lowest BCUT2D eigenvalue weighted by Crippen LogP contribution is -2.54. The first-order valence-corrected chi connectivity index (χ1v) is 9.29. The van der Waals surface area contributed by atoms with Crippen molar-refractivity contribution in [3.8, 4) is 11.5 Å². The number of rotatable bonds is 4. The quantitative estimate of drug-likeness (QED) is 0.780. The fourth-order valence-corrected chi connectivity index (χ4v) is 4.09. The van der Waals surface area contributed by atoms with E-state index in [-0.39, 0.29) is 37.6 Å². The average molecular weight is 373 g/mol. The summed E-state index contributed by atoms with van der Waals surface area (Å²) in [6.45, 7) is 2.18. The molecule has 144 valence electrons. The maximum Gasteiger partial charge on any atom is 0.325 e. The molecule has 2 N–H and O–H groups in total. The summed E-state index contributed by atoms with van der Waals surface area (Å²) in [7, 11) is 0. The molecule has 8 nitrogen and oxygen atoms in total. The van der Waals surface area contributed by atoms with E-state index in [0.717, 1.165) is 29.7 Å². The smallest absolute Gasteiger partial charge is 0.325 e. The van der Waals surface area contributed by atoms with E-state index < -0.39 is 11.6 Å². The second-order valence-electron chi connectivity index (χ2n) is 7.40. The second-order valence-corrected chi connectivity index (χ2v) is 7.40. The Bertz CT molecular complexity index is 796. The van der Waals surface area contributed by atoms with Crippen LogP contribution in [0.1, 0.15) is 38.2 Å². The number of ether oxygens (including phenoxy) is 2. The largest absolute Gasteiger partial charge is 0.454 e. The third-order valence-electron chi connectivity index (χ3n) is 5.73. The van der Waals surface area contributed by atoms with Gasteiger partial charge in [-0.15, -0.1) is 0 Å². The predicted octanol–water partition coefficient (Wildman–Crippen LogP) is 1.53.